The molecule has 0 aromatic heterocycles. The van der Waals surface area contributed by atoms with Gasteiger partial charge in [0, 0.05) is 13.1 Å². The van der Waals surface area contributed by atoms with E-state index in [2.05, 4.69) is 24.1 Å². The van der Waals surface area contributed by atoms with Crippen LogP contribution in [0.15, 0.2) is 0 Å². The largest absolute Gasteiger partial charge is 0.315 e. The van der Waals surface area contributed by atoms with Crippen molar-refractivity contribution in [2.24, 2.45) is 17.8 Å². The third kappa shape index (κ3) is 5.73. The van der Waals surface area contributed by atoms with Crippen LogP contribution in [-0.4, -0.2) is 37.6 Å². The van der Waals surface area contributed by atoms with Crippen LogP contribution in [0, 0.1) is 17.8 Å². The fraction of sp³-hybridized carbons (Fsp3) is 1.00. The first-order valence-corrected chi connectivity index (χ1v) is 9.19. The van der Waals surface area contributed by atoms with E-state index in [0.717, 1.165) is 17.8 Å². The standard InChI is InChI=1S/C18H36N2/c1-16(2)18-9-6-12-20(13-10-18)14-11-19-15-17-7-4-3-5-8-17/h16-19H,3-15H2,1-2H3. The zero-order chi connectivity index (χ0) is 14.2. The fourth-order valence-electron chi connectivity index (χ4n) is 4.01. The highest BCUT2D eigenvalue weighted by Gasteiger charge is 2.19. The van der Waals surface area contributed by atoms with Crippen molar-refractivity contribution in [3.63, 3.8) is 0 Å². The van der Waals surface area contributed by atoms with Crippen LogP contribution >= 0.6 is 0 Å². The normalized spacial score (nSPS) is 26.9. The van der Waals surface area contributed by atoms with E-state index in [1.807, 2.05) is 0 Å². The van der Waals surface area contributed by atoms with Gasteiger partial charge in [0.05, 0.1) is 0 Å². The second kappa shape index (κ2) is 9.04. The van der Waals surface area contributed by atoms with Crippen molar-refractivity contribution in [3.8, 4) is 0 Å². The molecule has 1 heterocycles. The Labute approximate surface area is 126 Å². The van der Waals surface area contributed by atoms with Crippen LogP contribution in [-0.2, 0) is 0 Å². The monoisotopic (exact) mass is 280 g/mol. The first-order chi connectivity index (χ1) is 9.75. The number of rotatable bonds is 6. The first kappa shape index (κ1) is 16.3. The smallest absolute Gasteiger partial charge is 0.0107 e. The molecule has 0 aromatic rings. The average molecular weight is 280 g/mol. The molecule has 1 aliphatic carbocycles. The Morgan fingerprint density at radius 3 is 2.50 bits per heavy atom. The van der Waals surface area contributed by atoms with Crippen molar-refractivity contribution in [1.29, 1.82) is 0 Å². The highest BCUT2D eigenvalue weighted by atomic mass is 15.1. The Morgan fingerprint density at radius 1 is 0.950 bits per heavy atom. The summed E-state index contributed by atoms with van der Waals surface area (Å²) in [5.41, 5.74) is 0. The summed E-state index contributed by atoms with van der Waals surface area (Å²) in [6, 6.07) is 0. The molecule has 1 N–H and O–H groups in total. The van der Waals surface area contributed by atoms with Gasteiger partial charge in [-0.15, -0.1) is 0 Å². The van der Waals surface area contributed by atoms with E-state index in [-0.39, 0.29) is 0 Å². The van der Waals surface area contributed by atoms with Gasteiger partial charge >= 0.3 is 0 Å². The molecule has 2 nitrogen and oxygen atoms in total. The van der Waals surface area contributed by atoms with Crippen LogP contribution in [0.2, 0.25) is 0 Å². The van der Waals surface area contributed by atoms with Gasteiger partial charge in [0.25, 0.3) is 0 Å². The average Bonchev–Trinajstić information content (AvgIpc) is 2.70. The molecule has 0 amide bonds. The van der Waals surface area contributed by atoms with E-state index in [1.54, 1.807) is 0 Å². The number of hydrogen-bond donors (Lipinski definition) is 1. The molecule has 1 saturated carbocycles. The zero-order valence-electron chi connectivity index (χ0n) is 13.9. The lowest BCUT2D eigenvalue weighted by atomic mass is 9.89. The maximum Gasteiger partial charge on any atom is 0.0107 e. The summed E-state index contributed by atoms with van der Waals surface area (Å²) in [5.74, 6) is 2.81. The summed E-state index contributed by atoms with van der Waals surface area (Å²) in [7, 11) is 0. The lowest BCUT2D eigenvalue weighted by molar-refractivity contribution is 0.265. The Hall–Kier alpha value is -0.0800. The second-order valence-electron chi connectivity index (χ2n) is 7.48. The highest BCUT2D eigenvalue weighted by Crippen LogP contribution is 2.24. The lowest BCUT2D eigenvalue weighted by Gasteiger charge is -2.24. The lowest BCUT2D eigenvalue weighted by Crippen LogP contribution is -2.35. The maximum absolute atomic E-state index is 3.72. The third-order valence-electron chi connectivity index (χ3n) is 5.57. The molecule has 20 heavy (non-hydrogen) atoms. The van der Waals surface area contributed by atoms with Crippen LogP contribution in [0.3, 0.4) is 0 Å². The number of nitrogens with zero attached hydrogens (tertiary/aromatic N) is 1. The van der Waals surface area contributed by atoms with Crippen molar-refractivity contribution < 1.29 is 0 Å². The van der Waals surface area contributed by atoms with Crippen molar-refractivity contribution in [2.45, 2.75) is 65.2 Å². The Morgan fingerprint density at radius 2 is 1.75 bits per heavy atom. The summed E-state index contributed by atoms with van der Waals surface area (Å²) in [5, 5.41) is 3.72. The van der Waals surface area contributed by atoms with Gasteiger partial charge in [-0.2, -0.15) is 0 Å². The second-order valence-corrected chi connectivity index (χ2v) is 7.48. The van der Waals surface area contributed by atoms with E-state index in [1.165, 1.54) is 84.1 Å². The van der Waals surface area contributed by atoms with Crippen molar-refractivity contribution in [3.05, 3.63) is 0 Å². The van der Waals surface area contributed by atoms with Gasteiger partial charge in [0.2, 0.25) is 0 Å². The molecular weight excluding hydrogens is 244 g/mol. The van der Waals surface area contributed by atoms with Gasteiger partial charge in [0.1, 0.15) is 0 Å². The van der Waals surface area contributed by atoms with Gasteiger partial charge in [-0.25, -0.2) is 0 Å². The molecule has 1 atom stereocenters. The molecular formula is C18H36N2. The maximum atomic E-state index is 3.72. The van der Waals surface area contributed by atoms with Gasteiger partial charge < -0.3 is 10.2 Å². The Kier molecular flexibility index (Phi) is 7.37. The zero-order valence-corrected chi connectivity index (χ0v) is 13.9. The molecule has 2 rings (SSSR count). The SMILES string of the molecule is CC(C)C1CCCN(CCNCC2CCCCC2)CC1. The van der Waals surface area contributed by atoms with Crippen LogP contribution < -0.4 is 5.32 Å². The molecule has 118 valence electrons. The summed E-state index contributed by atoms with van der Waals surface area (Å²) in [6.07, 6.45) is 11.6. The van der Waals surface area contributed by atoms with Gasteiger partial charge in [-0.05, 0) is 69.5 Å². The van der Waals surface area contributed by atoms with Gasteiger partial charge in [-0.1, -0.05) is 33.1 Å². The highest BCUT2D eigenvalue weighted by molar-refractivity contribution is 4.73. The number of hydrogen-bond acceptors (Lipinski definition) is 2. The molecule has 2 heteroatoms. The quantitative estimate of drug-likeness (QED) is 0.742. The van der Waals surface area contributed by atoms with E-state index in [0.29, 0.717) is 0 Å². The van der Waals surface area contributed by atoms with Crippen LogP contribution in [0.1, 0.15) is 65.2 Å². The van der Waals surface area contributed by atoms with Crippen LogP contribution in [0.4, 0.5) is 0 Å². The molecule has 0 aromatic carbocycles. The number of nitrogens with one attached hydrogen (secondary N) is 1. The molecule has 2 fully saturated rings. The van der Waals surface area contributed by atoms with E-state index in [9.17, 15) is 0 Å². The molecule has 1 aliphatic heterocycles. The van der Waals surface area contributed by atoms with Crippen LogP contribution in [0.5, 0.6) is 0 Å². The van der Waals surface area contributed by atoms with Crippen molar-refractivity contribution >= 4 is 0 Å². The Balaban J connectivity index is 1.55. The van der Waals surface area contributed by atoms with E-state index < -0.39 is 0 Å². The minimum Gasteiger partial charge on any atom is -0.315 e. The first-order valence-electron chi connectivity index (χ1n) is 9.19. The summed E-state index contributed by atoms with van der Waals surface area (Å²) >= 11 is 0. The topological polar surface area (TPSA) is 15.3 Å². The van der Waals surface area contributed by atoms with Crippen molar-refractivity contribution in [2.75, 3.05) is 32.7 Å². The minimum atomic E-state index is 0.874. The molecule has 1 unspecified atom stereocenters. The molecule has 0 radical (unpaired) electrons. The predicted molar refractivity (Wildman–Crippen MR) is 88.1 cm³/mol. The molecule has 0 spiro atoms. The summed E-state index contributed by atoms with van der Waals surface area (Å²) in [6.45, 7) is 11.2. The minimum absolute atomic E-state index is 0.874. The summed E-state index contributed by atoms with van der Waals surface area (Å²) in [4.78, 5) is 2.69. The molecule has 0 bridgehead atoms. The van der Waals surface area contributed by atoms with Crippen LogP contribution in [0.25, 0.3) is 0 Å². The predicted octanol–water partition coefficient (Wildman–Crippen LogP) is 3.91. The Bertz CT molecular complexity index is 246. The van der Waals surface area contributed by atoms with E-state index in [4.69, 9.17) is 0 Å². The summed E-state index contributed by atoms with van der Waals surface area (Å²) < 4.78 is 0. The molecule has 1 saturated heterocycles. The van der Waals surface area contributed by atoms with E-state index >= 15 is 0 Å². The third-order valence-corrected chi connectivity index (χ3v) is 5.57. The van der Waals surface area contributed by atoms with Crippen molar-refractivity contribution in [1.82, 2.24) is 10.2 Å². The molecule has 2 aliphatic rings. The number of likely N-dealkylation sites (tertiary alicyclic amines) is 1. The van der Waals surface area contributed by atoms with Gasteiger partial charge in [-0.3, -0.25) is 0 Å². The van der Waals surface area contributed by atoms with Gasteiger partial charge in [0.15, 0.2) is 0 Å². The fourth-order valence-corrected chi connectivity index (χ4v) is 4.01.